The van der Waals surface area contributed by atoms with E-state index in [-0.39, 0.29) is 0 Å². The molecule has 0 spiro atoms. The molecule has 6 heteroatoms. The molecule has 1 atom stereocenters. The lowest BCUT2D eigenvalue weighted by atomic mass is 10.0. The Balaban J connectivity index is 1.54. The molecule has 4 rings (SSSR count). The number of rotatable bonds is 6. The fraction of sp³-hybridized carbons (Fsp3) is 0.273. The van der Waals surface area contributed by atoms with E-state index in [1.165, 1.54) is 4.88 Å². The minimum atomic E-state index is -0.911. The normalized spacial score (nSPS) is 16.4. The summed E-state index contributed by atoms with van der Waals surface area (Å²) in [6.45, 7) is 4.41. The summed E-state index contributed by atoms with van der Waals surface area (Å²) < 4.78 is 5.41. The number of hydrogen-bond acceptors (Lipinski definition) is 5. The molecule has 1 unspecified atom stereocenters. The molecule has 28 heavy (non-hydrogen) atoms. The van der Waals surface area contributed by atoms with Crippen molar-refractivity contribution in [3.63, 3.8) is 0 Å². The van der Waals surface area contributed by atoms with Gasteiger partial charge in [-0.15, -0.1) is 11.3 Å². The van der Waals surface area contributed by atoms with Crippen LogP contribution in [0.4, 0.5) is 0 Å². The van der Waals surface area contributed by atoms with Crippen LogP contribution in [0.2, 0.25) is 0 Å². The fourth-order valence-electron chi connectivity index (χ4n) is 3.37. The molecule has 2 heterocycles. The quantitative estimate of drug-likeness (QED) is 0.650. The van der Waals surface area contributed by atoms with Gasteiger partial charge in [0.25, 0.3) is 0 Å². The average Bonchev–Trinajstić information content (AvgIpc) is 3.36. The lowest BCUT2D eigenvalue weighted by molar-refractivity contribution is 0.0697. The third kappa shape index (κ3) is 4.14. The van der Waals surface area contributed by atoms with Crippen LogP contribution in [0, 0.1) is 6.92 Å². The number of carboxylic acid groups (broad SMARTS) is 1. The predicted octanol–water partition coefficient (Wildman–Crippen LogP) is 4.36. The number of thiazole rings is 1. The molecule has 0 radical (unpaired) electrons. The van der Waals surface area contributed by atoms with Gasteiger partial charge < -0.3 is 15.2 Å². The first-order chi connectivity index (χ1) is 13.6. The number of nitrogens with one attached hydrogen (secondary N) is 1. The van der Waals surface area contributed by atoms with Crippen LogP contribution in [0.1, 0.15) is 27.5 Å². The zero-order valence-electron chi connectivity index (χ0n) is 15.6. The second-order valence-electron chi connectivity index (χ2n) is 6.93. The molecule has 2 aromatic carbocycles. The molecular weight excluding hydrogens is 372 g/mol. The Morgan fingerprint density at radius 3 is 2.71 bits per heavy atom. The fourth-order valence-corrected chi connectivity index (χ4v) is 4.38. The molecule has 0 saturated carbocycles. The SMILES string of the molecule is Cc1nc(CNC2CCOC2)sc1-c1cccc(-c2ccc(C(=O)O)cc2)c1. The van der Waals surface area contributed by atoms with Gasteiger partial charge in [0, 0.05) is 19.2 Å². The van der Waals surface area contributed by atoms with E-state index in [4.69, 9.17) is 14.8 Å². The van der Waals surface area contributed by atoms with Crippen molar-refractivity contribution >= 4 is 17.3 Å². The third-order valence-corrected chi connectivity index (χ3v) is 6.11. The Labute approximate surface area is 168 Å². The summed E-state index contributed by atoms with van der Waals surface area (Å²) in [5, 5.41) is 13.7. The molecule has 0 amide bonds. The van der Waals surface area contributed by atoms with Gasteiger partial charge in [0.2, 0.25) is 0 Å². The van der Waals surface area contributed by atoms with Crippen molar-refractivity contribution in [2.45, 2.75) is 25.9 Å². The van der Waals surface area contributed by atoms with Gasteiger partial charge in [0.15, 0.2) is 0 Å². The van der Waals surface area contributed by atoms with Gasteiger partial charge in [0.05, 0.1) is 22.7 Å². The van der Waals surface area contributed by atoms with E-state index in [0.717, 1.165) is 53.6 Å². The monoisotopic (exact) mass is 394 g/mol. The summed E-state index contributed by atoms with van der Waals surface area (Å²) in [7, 11) is 0. The van der Waals surface area contributed by atoms with Gasteiger partial charge in [-0.05, 0) is 48.2 Å². The Kier molecular flexibility index (Phi) is 5.52. The summed E-state index contributed by atoms with van der Waals surface area (Å²) in [4.78, 5) is 16.9. The lowest BCUT2D eigenvalue weighted by Crippen LogP contribution is -2.28. The lowest BCUT2D eigenvalue weighted by Gasteiger charge is -2.07. The summed E-state index contributed by atoms with van der Waals surface area (Å²) in [6.07, 6.45) is 1.06. The second kappa shape index (κ2) is 8.22. The van der Waals surface area contributed by atoms with Crippen LogP contribution in [0.15, 0.2) is 48.5 Å². The molecule has 1 aromatic heterocycles. The summed E-state index contributed by atoms with van der Waals surface area (Å²) in [5.41, 5.74) is 4.51. The Morgan fingerprint density at radius 2 is 2.00 bits per heavy atom. The molecule has 1 fully saturated rings. The van der Waals surface area contributed by atoms with Crippen LogP contribution in [0.25, 0.3) is 21.6 Å². The minimum Gasteiger partial charge on any atom is -0.478 e. The largest absolute Gasteiger partial charge is 0.478 e. The molecule has 1 aliphatic rings. The Morgan fingerprint density at radius 1 is 1.21 bits per heavy atom. The predicted molar refractivity (Wildman–Crippen MR) is 111 cm³/mol. The van der Waals surface area contributed by atoms with Crippen LogP contribution >= 0.6 is 11.3 Å². The number of aromatic nitrogens is 1. The van der Waals surface area contributed by atoms with Crippen molar-refractivity contribution in [2.75, 3.05) is 13.2 Å². The van der Waals surface area contributed by atoms with E-state index in [9.17, 15) is 4.79 Å². The van der Waals surface area contributed by atoms with Gasteiger partial charge in [-0.2, -0.15) is 0 Å². The van der Waals surface area contributed by atoms with Gasteiger partial charge in [-0.25, -0.2) is 9.78 Å². The van der Waals surface area contributed by atoms with E-state index in [1.807, 2.05) is 31.2 Å². The molecule has 0 aliphatic carbocycles. The maximum absolute atomic E-state index is 11.0. The highest BCUT2D eigenvalue weighted by molar-refractivity contribution is 7.15. The van der Waals surface area contributed by atoms with E-state index < -0.39 is 5.97 Å². The zero-order valence-corrected chi connectivity index (χ0v) is 16.5. The van der Waals surface area contributed by atoms with Crippen molar-refractivity contribution in [3.05, 3.63) is 64.8 Å². The van der Waals surface area contributed by atoms with E-state index in [0.29, 0.717) is 11.6 Å². The molecule has 3 aromatic rings. The first-order valence-electron chi connectivity index (χ1n) is 9.32. The van der Waals surface area contributed by atoms with E-state index in [1.54, 1.807) is 23.5 Å². The van der Waals surface area contributed by atoms with Crippen LogP contribution in [-0.2, 0) is 11.3 Å². The number of aryl methyl sites for hydroxylation is 1. The first kappa shape index (κ1) is 18.8. The number of carboxylic acids is 1. The number of carbonyl (C=O) groups is 1. The Hall–Kier alpha value is -2.54. The number of hydrogen-bond donors (Lipinski definition) is 2. The Bertz CT molecular complexity index is 976. The van der Waals surface area contributed by atoms with Crippen molar-refractivity contribution in [3.8, 4) is 21.6 Å². The zero-order chi connectivity index (χ0) is 19.5. The molecule has 2 N–H and O–H groups in total. The topological polar surface area (TPSA) is 71.5 Å². The maximum Gasteiger partial charge on any atom is 0.335 e. The number of aromatic carboxylic acids is 1. The number of benzene rings is 2. The smallest absolute Gasteiger partial charge is 0.335 e. The molecule has 144 valence electrons. The number of ether oxygens (including phenoxy) is 1. The van der Waals surface area contributed by atoms with Crippen molar-refractivity contribution in [1.29, 1.82) is 0 Å². The molecule has 1 aliphatic heterocycles. The van der Waals surface area contributed by atoms with E-state index >= 15 is 0 Å². The third-order valence-electron chi connectivity index (χ3n) is 4.90. The number of nitrogens with zero attached hydrogens (tertiary/aromatic N) is 1. The van der Waals surface area contributed by atoms with Crippen LogP contribution in [-0.4, -0.2) is 35.3 Å². The van der Waals surface area contributed by atoms with Gasteiger partial charge in [0.1, 0.15) is 5.01 Å². The van der Waals surface area contributed by atoms with Crippen LogP contribution in [0.5, 0.6) is 0 Å². The molecular formula is C22H22N2O3S. The standard InChI is InChI=1S/C22H22N2O3S/c1-14-21(28-20(24-14)12-23-19-9-10-27-13-19)18-4-2-3-17(11-18)15-5-7-16(8-6-15)22(25)26/h2-8,11,19,23H,9-10,12-13H2,1H3,(H,25,26). The second-order valence-corrected chi connectivity index (χ2v) is 8.01. The summed E-state index contributed by atoms with van der Waals surface area (Å²) >= 11 is 1.71. The van der Waals surface area contributed by atoms with Gasteiger partial charge in [-0.3, -0.25) is 0 Å². The van der Waals surface area contributed by atoms with Crippen molar-refractivity contribution in [1.82, 2.24) is 10.3 Å². The van der Waals surface area contributed by atoms with E-state index in [2.05, 4.69) is 17.4 Å². The molecule has 5 nitrogen and oxygen atoms in total. The van der Waals surface area contributed by atoms with Gasteiger partial charge in [-0.1, -0.05) is 30.3 Å². The van der Waals surface area contributed by atoms with Crippen LogP contribution in [0.3, 0.4) is 0 Å². The van der Waals surface area contributed by atoms with Crippen molar-refractivity contribution in [2.24, 2.45) is 0 Å². The highest BCUT2D eigenvalue weighted by Crippen LogP contribution is 2.33. The maximum atomic E-state index is 11.0. The van der Waals surface area contributed by atoms with Crippen LogP contribution < -0.4 is 5.32 Å². The first-order valence-corrected chi connectivity index (χ1v) is 10.1. The molecule has 0 bridgehead atoms. The summed E-state index contributed by atoms with van der Waals surface area (Å²) in [5.74, 6) is -0.911. The average molecular weight is 394 g/mol. The van der Waals surface area contributed by atoms with Gasteiger partial charge >= 0.3 is 5.97 Å². The molecule has 1 saturated heterocycles. The highest BCUT2D eigenvalue weighted by Gasteiger charge is 2.16. The summed E-state index contributed by atoms with van der Waals surface area (Å²) in [6, 6.07) is 15.7. The van der Waals surface area contributed by atoms with Crippen molar-refractivity contribution < 1.29 is 14.6 Å². The highest BCUT2D eigenvalue weighted by atomic mass is 32.1. The minimum absolute atomic E-state index is 0.294.